The molecule has 1 atom stereocenters. The molecule has 28 heavy (non-hydrogen) atoms. The largest absolute Gasteiger partial charge is 0.325 e. The summed E-state index contributed by atoms with van der Waals surface area (Å²) >= 11 is 1.30. The summed E-state index contributed by atoms with van der Waals surface area (Å²) in [4.78, 5) is 25.2. The van der Waals surface area contributed by atoms with Crippen LogP contribution in [0.2, 0.25) is 0 Å². The topological polar surface area (TPSA) is 81.3 Å². The number of fused-ring (bicyclic) bond motifs is 3. The lowest BCUT2D eigenvalue weighted by atomic mass is 10.2. The first-order chi connectivity index (χ1) is 13.5. The van der Waals surface area contributed by atoms with E-state index in [0.717, 1.165) is 16.8 Å². The van der Waals surface area contributed by atoms with E-state index in [1.54, 1.807) is 13.1 Å². The van der Waals surface area contributed by atoms with Gasteiger partial charge in [0.15, 0.2) is 5.16 Å². The molecule has 2 aromatic carbocycles. The van der Waals surface area contributed by atoms with E-state index in [1.165, 1.54) is 16.3 Å². The Hall–Kier alpha value is -3.13. The number of nitrogens with zero attached hydrogens (tertiary/aromatic N) is 4. The maximum absolute atomic E-state index is 12.7. The van der Waals surface area contributed by atoms with Gasteiger partial charge in [-0.15, -0.1) is 10.2 Å². The summed E-state index contributed by atoms with van der Waals surface area (Å²) in [5.74, 6) is 0.322. The van der Waals surface area contributed by atoms with Crippen LogP contribution in [-0.4, -0.2) is 30.3 Å². The molecule has 0 saturated heterocycles. The standard InChI is InChI=1S/C20H19N5O2S/c1-12-8-4-6-10-15(12)21-17(26)13(2)28-20-23-22-19-24(3)18(27)14-9-5-7-11-16(14)25(19)20/h4-11,13H,1-3H3,(H,21,26). The van der Waals surface area contributed by atoms with Crippen molar-refractivity contribution in [3.8, 4) is 0 Å². The van der Waals surface area contributed by atoms with Crippen LogP contribution in [0.4, 0.5) is 5.69 Å². The number of amides is 1. The average molecular weight is 393 g/mol. The third kappa shape index (κ3) is 3.05. The Bertz CT molecular complexity index is 1260. The van der Waals surface area contributed by atoms with Gasteiger partial charge in [-0.25, -0.2) is 0 Å². The Labute approximate surface area is 165 Å². The van der Waals surface area contributed by atoms with Crippen LogP contribution < -0.4 is 10.9 Å². The third-order valence-corrected chi connectivity index (χ3v) is 5.69. The van der Waals surface area contributed by atoms with Gasteiger partial charge < -0.3 is 5.32 Å². The van der Waals surface area contributed by atoms with Crippen molar-refractivity contribution in [3.63, 3.8) is 0 Å². The molecular formula is C20H19N5O2S. The second kappa shape index (κ2) is 7.12. The van der Waals surface area contributed by atoms with Gasteiger partial charge in [-0.3, -0.25) is 18.6 Å². The molecule has 0 aliphatic heterocycles. The van der Waals surface area contributed by atoms with Crippen LogP contribution in [0.3, 0.4) is 0 Å². The molecular weight excluding hydrogens is 374 g/mol. The van der Waals surface area contributed by atoms with Gasteiger partial charge in [-0.1, -0.05) is 42.1 Å². The first kappa shape index (κ1) is 18.2. The van der Waals surface area contributed by atoms with Gasteiger partial charge >= 0.3 is 0 Å². The van der Waals surface area contributed by atoms with Crippen molar-refractivity contribution in [1.29, 1.82) is 0 Å². The molecule has 0 bridgehead atoms. The normalized spacial score (nSPS) is 12.4. The van der Waals surface area contributed by atoms with Crippen molar-refractivity contribution < 1.29 is 4.79 Å². The van der Waals surface area contributed by atoms with Crippen LogP contribution in [0.25, 0.3) is 16.7 Å². The van der Waals surface area contributed by atoms with Gasteiger partial charge in [0.05, 0.1) is 16.2 Å². The molecule has 0 aliphatic carbocycles. The van der Waals surface area contributed by atoms with Crippen molar-refractivity contribution in [1.82, 2.24) is 19.2 Å². The molecule has 1 N–H and O–H groups in total. The Morgan fingerprint density at radius 3 is 2.61 bits per heavy atom. The number of thioether (sulfide) groups is 1. The van der Waals surface area contributed by atoms with Gasteiger partial charge in [0, 0.05) is 12.7 Å². The van der Waals surface area contributed by atoms with Crippen LogP contribution in [0, 0.1) is 6.92 Å². The van der Waals surface area contributed by atoms with E-state index in [1.807, 2.05) is 60.7 Å². The fraction of sp³-hybridized carbons (Fsp3) is 0.200. The van der Waals surface area contributed by atoms with Crippen LogP contribution >= 0.6 is 11.8 Å². The quantitative estimate of drug-likeness (QED) is 0.539. The predicted molar refractivity (Wildman–Crippen MR) is 111 cm³/mol. The molecule has 0 spiro atoms. The highest BCUT2D eigenvalue weighted by Crippen LogP contribution is 2.26. The Balaban J connectivity index is 1.69. The van der Waals surface area contributed by atoms with E-state index in [2.05, 4.69) is 15.5 Å². The number of hydrogen-bond acceptors (Lipinski definition) is 5. The SMILES string of the molecule is Cc1ccccc1NC(=O)C(C)Sc1nnc2n(C)c(=O)c3ccccc3n12. The molecule has 0 aliphatic rings. The Morgan fingerprint density at radius 1 is 1.11 bits per heavy atom. The number of benzene rings is 2. The summed E-state index contributed by atoms with van der Waals surface area (Å²) in [7, 11) is 1.67. The first-order valence-corrected chi connectivity index (χ1v) is 9.71. The Kier molecular flexibility index (Phi) is 4.64. The zero-order chi connectivity index (χ0) is 19.8. The van der Waals surface area contributed by atoms with Crippen molar-refractivity contribution in [2.24, 2.45) is 7.05 Å². The zero-order valence-corrected chi connectivity index (χ0v) is 16.5. The monoisotopic (exact) mass is 393 g/mol. The molecule has 4 rings (SSSR count). The second-order valence-electron chi connectivity index (χ2n) is 6.56. The molecule has 142 valence electrons. The minimum atomic E-state index is -0.400. The summed E-state index contributed by atoms with van der Waals surface area (Å²) in [6.45, 7) is 3.77. The number of aryl methyl sites for hydroxylation is 2. The summed E-state index contributed by atoms with van der Waals surface area (Å²) in [6, 6.07) is 15.0. The van der Waals surface area contributed by atoms with E-state index in [9.17, 15) is 9.59 Å². The van der Waals surface area contributed by atoms with E-state index < -0.39 is 5.25 Å². The molecule has 0 saturated carbocycles. The first-order valence-electron chi connectivity index (χ1n) is 8.83. The highest BCUT2D eigenvalue weighted by Gasteiger charge is 2.21. The molecule has 8 heteroatoms. The molecule has 7 nitrogen and oxygen atoms in total. The molecule has 2 aromatic heterocycles. The molecule has 4 aromatic rings. The van der Waals surface area contributed by atoms with Gasteiger partial charge in [-0.05, 0) is 37.6 Å². The summed E-state index contributed by atoms with van der Waals surface area (Å²) in [6.07, 6.45) is 0. The molecule has 1 unspecified atom stereocenters. The van der Waals surface area contributed by atoms with Gasteiger partial charge in [0.2, 0.25) is 11.7 Å². The minimum absolute atomic E-state index is 0.120. The fourth-order valence-electron chi connectivity index (χ4n) is 3.05. The van der Waals surface area contributed by atoms with Crippen molar-refractivity contribution >= 4 is 40.0 Å². The number of nitrogens with one attached hydrogen (secondary N) is 1. The number of para-hydroxylation sites is 2. The van der Waals surface area contributed by atoms with Gasteiger partial charge in [0.25, 0.3) is 5.56 Å². The average Bonchev–Trinajstić information content (AvgIpc) is 3.11. The third-order valence-electron chi connectivity index (χ3n) is 4.65. The van der Waals surface area contributed by atoms with Gasteiger partial charge in [0.1, 0.15) is 0 Å². The molecule has 1 amide bonds. The fourth-order valence-corrected chi connectivity index (χ4v) is 3.90. The zero-order valence-electron chi connectivity index (χ0n) is 15.7. The number of hydrogen-bond donors (Lipinski definition) is 1. The highest BCUT2D eigenvalue weighted by molar-refractivity contribution is 8.00. The molecule has 0 radical (unpaired) electrons. The van der Waals surface area contributed by atoms with E-state index in [0.29, 0.717) is 16.3 Å². The lowest BCUT2D eigenvalue weighted by Crippen LogP contribution is -2.23. The maximum atomic E-state index is 12.7. The summed E-state index contributed by atoms with van der Waals surface area (Å²) in [5.41, 5.74) is 2.39. The predicted octanol–water partition coefficient (Wildman–Crippen LogP) is 3.01. The van der Waals surface area contributed by atoms with E-state index in [-0.39, 0.29) is 11.5 Å². The molecule has 2 heterocycles. The highest BCUT2D eigenvalue weighted by atomic mass is 32.2. The van der Waals surface area contributed by atoms with Crippen LogP contribution in [-0.2, 0) is 11.8 Å². The number of carbonyl (C=O) groups is 1. The Morgan fingerprint density at radius 2 is 1.82 bits per heavy atom. The smallest absolute Gasteiger partial charge is 0.262 e. The van der Waals surface area contributed by atoms with Crippen LogP contribution in [0.15, 0.2) is 58.5 Å². The van der Waals surface area contributed by atoms with E-state index in [4.69, 9.17) is 0 Å². The number of anilines is 1. The second-order valence-corrected chi connectivity index (χ2v) is 7.87. The number of carbonyl (C=O) groups excluding carboxylic acids is 1. The minimum Gasteiger partial charge on any atom is -0.325 e. The van der Waals surface area contributed by atoms with Gasteiger partial charge in [-0.2, -0.15) is 0 Å². The number of rotatable bonds is 4. The van der Waals surface area contributed by atoms with Crippen molar-refractivity contribution in [3.05, 3.63) is 64.4 Å². The molecule has 0 fully saturated rings. The lowest BCUT2D eigenvalue weighted by Gasteiger charge is -2.13. The van der Waals surface area contributed by atoms with Crippen molar-refractivity contribution in [2.75, 3.05) is 5.32 Å². The summed E-state index contributed by atoms with van der Waals surface area (Å²) in [5, 5.41) is 12.1. The van der Waals surface area contributed by atoms with Crippen LogP contribution in [0.1, 0.15) is 12.5 Å². The van der Waals surface area contributed by atoms with Crippen LogP contribution in [0.5, 0.6) is 0 Å². The maximum Gasteiger partial charge on any atom is 0.262 e. The number of aromatic nitrogens is 4. The lowest BCUT2D eigenvalue weighted by molar-refractivity contribution is -0.115. The van der Waals surface area contributed by atoms with Crippen molar-refractivity contribution in [2.45, 2.75) is 24.3 Å². The summed E-state index contributed by atoms with van der Waals surface area (Å²) < 4.78 is 3.29. The van der Waals surface area contributed by atoms with E-state index >= 15 is 0 Å².